The van der Waals surface area contributed by atoms with E-state index >= 15 is 0 Å². The van der Waals surface area contributed by atoms with E-state index in [0.717, 1.165) is 18.2 Å². The number of hydrogen-bond acceptors (Lipinski definition) is 3. The zero-order valence-electron chi connectivity index (χ0n) is 22.1. The number of nitrogens with zero attached hydrogens (tertiary/aromatic N) is 3. The van der Waals surface area contributed by atoms with Gasteiger partial charge >= 0.3 is 20.1 Å². The fraction of sp³-hybridized carbons (Fsp3) is 0. The Hall–Kier alpha value is -4.66. The number of aromatic nitrogens is 3. The molecule has 10 heteroatoms. The predicted octanol–water partition coefficient (Wildman–Crippen LogP) is 9.08. The summed E-state index contributed by atoms with van der Waals surface area (Å²) in [6.45, 7) is 0. The summed E-state index contributed by atoms with van der Waals surface area (Å²) in [7, 11) is 0. The van der Waals surface area contributed by atoms with Crippen LogP contribution in [-0.2, 0) is 20.1 Å². The number of benzene rings is 3. The quantitative estimate of drug-likeness (QED) is 0.169. The molecule has 0 amide bonds. The summed E-state index contributed by atoms with van der Waals surface area (Å²) in [5.74, 6) is -3.53. The summed E-state index contributed by atoms with van der Waals surface area (Å²) in [6.07, 6.45) is 4.70. The van der Waals surface area contributed by atoms with Gasteiger partial charge in [-0.2, -0.15) is 0 Å². The summed E-state index contributed by atoms with van der Waals surface area (Å²) >= 11 is 0. The molecular formula is C33H21F6IrN3+2. The summed E-state index contributed by atoms with van der Waals surface area (Å²) in [5, 5.41) is 0. The average Bonchev–Trinajstić information content (AvgIpc) is 2.99. The maximum absolute atomic E-state index is 13.3. The maximum Gasteiger partial charge on any atom is 2.00 e. The second-order valence-electron chi connectivity index (χ2n) is 8.52. The Morgan fingerprint density at radius 2 is 0.628 bits per heavy atom. The molecule has 0 N–H and O–H groups in total. The molecule has 0 saturated heterocycles. The van der Waals surface area contributed by atoms with Gasteiger partial charge in [0.2, 0.25) is 0 Å². The minimum atomic E-state index is -0.594. The summed E-state index contributed by atoms with van der Waals surface area (Å²) in [4.78, 5) is 11.9. The zero-order valence-corrected chi connectivity index (χ0v) is 24.5. The van der Waals surface area contributed by atoms with Crippen molar-refractivity contribution < 1.29 is 46.4 Å². The fourth-order valence-corrected chi connectivity index (χ4v) is 3.66. The van der Waals surface area contributed by atoms with Crippen LogP contribution in [0.3, 0.4) is 0 Å². The van der Waals surface area contributed by atoms with Crippen molar-refractivity contribution in [2.24, 2.45) is 0 Å². The minimum absolute atomic E-state index is 0. The molecule has 0 unspecified atom stereocenters. The number of hydrogen-bond donors (Lipinski definition) is 0. The van der Waals surface area contributed by atoms with Crippen LogP contribution in [0.2, 0.25) is 0 Å². The van der Waals surface area contributed by atoms with Crippen LogP contribution in [0.1, 0.15) is 0 Å². The normalized spacial score (nSPS) is 9.91. The van der Waals surface area contributed by atoms with Crippen molar-refractivity contribution in [3.63, 3.8) is 0 Å². The molecule has 0 saturated carbocycles. The van der Waals surface area contributed by atoms with Crippen molar-refractivity contribution in [2.75, 3.05) is 0 Å². The Kier molecular flexibility index (Phi) is 12.3. The first-order valence-electron chi connectivity index (χ1n) is 12.4. The SMILES string of the molecule is Fc1ccc(-c2ccccn2)c(F)c1.Fc1ccc(-c2ccccn2)c(F)c1.Fc1ccc(-c2ccccn2)c(F)c1.[Ir+2]. The molecule has 0 aliphatic heterocycles. The van der Waals surface area contributed by atoms with Gasteiger partial charge in [0.05, 0.1) is 17.1 Å². The molecule has 0 atom stereocenters. The number of pyridine rings is 3. The second kappa shape index (κ2) is 16.1. The van der Waals surface area contributed by atoms with Gasteiger partial charge in [-0.15, -0.1) is 0 Å². The molecule has 3 heterocycles. The molecule has 3 nitrogen and oxygen atoms in total. The molecule has 6 rings (SSSR count). The van der Waals surface area contributed by atoms with Crippen molar-refractivity contribution in [3.8, 4) is 33.8 Å². The largest absolute Gasteiger partial charge is 2.00 e. The maximum atomic E-state index is 13.3. The van der Waals surface area contributed by atoms with Gasteiger partial charge in [0, 0.05) is 53.5 Å². The van der Waals surface area contributed by atoms with Gasteiger partial charge in [-0.1, -0.05) is 18.2 Å². The van der Waals surface area contributed by atoms with Crippen LogP contribution in [0.4, 0.5) is 26.3 Å². The number of rotatable bonds is 3. The molecule has 0 spiro atoms. The van der Waals surface area contributed by atoms with Crippen molar-refractivity contribution >= 4 is 0 Å². The molecule has 6 aromatic rings. The van der Waals surface area contributed by atoms with Gasteiger partial charge in [-0.25, -0.2) is 26.3 Å². The van der Waals surface area contributed by atoms with E-state index in [4.69, 9.17) is 0 Å². The van der Waals surface area contributed by atoms with Crippen molar-refractivity contribution in [1.82, 2.24) is 15.0 Å². The van der Waals surface area contributed by atoms with Crippen LogP contribution >= 0.6 is 0 Å². The van der Waals surface area contributed by atoms with Crippen LogP contribution in [-0.4, -0.2) is 15.0 Å². The molecule has 43 heavy (non-hydrogen) atoms. The van der Waals surface area contributed by atoms with Crippen molar-refractivity contribution in [1.29, 1.82) is 0 Å². The zero-order chi connectivity index (χ0) is 29.9. The molecule has 0 bridgehead atoms. The van der Waals surface area contributed by atoms with Crippen LogP contribution in [0.25, 0.3) is 33.8 Å². The van der Waals surface area contributed by atoms with Gasteiger partial charge in [-0.05, 0) is 72.8 Å². The topological polar surface area (TPSA) is 38.7 Å². The molecule has 217 valence electrons. The molecule has 0 aliphatic rings. The van der Waals surface area contributed by atoms with E-state index in [1.54, 1.807) is 73.2 Å². The van der Waals surface area contributed by atoms with Crippen LogP contribution < -0.4 is 0 Å². The van der Waals surface area contributed by atoms with Crippen LogP contribution in [0.5, 0.6) is 0 Å². The van der Waals surface area contributed by atoms with E-state index in [0.29, 0.717) is 33.8 Å². The van der Waals surface area contributed by atoms with Gasteiger partial charge in [0.1, 0.15) is 34.9 Å². The van der Waals surface area contributed by atoms with Gasteiger partial charge < -0.3 is 0 Å². The minimum Gasteiger partial charge on any atom is -0.256 e. The van der Waals surface area contributed by atoms with E-state index in [-0.39, 0.29) is 20.1 Å². The third kappa shape index (κ3) is 9.43. The van der Waals surface area contributed by atoms with Crippen molar-refractivity contribution in [3.05, 3.63) is 163 Å². The van der Waals surface area contributed by atoms with E-state index in [2.05, 4.69) is 15.0 Å². The Labute approximate surface area is 257 Å². The molecule has 3 aromatic carbocycles. The second-order valence-corrected chi connectivity index (χ2v) is 8.52. The van der Waals surface area contributed by atoms with Crippen LogP contribution in [0, 0.1) is 34.9 Å². The fourth-order valence-electron chi connectivity index (χ4n) is 3.66. The van der Waals surface area contributed by atoms with E-state index in [1.807, 2.05) is 0 Å². The monoisotopic (exact) mass is 766 g/mol. The standard InChI is InChI=1S/3C11H7F2N.Ir/c3*12-8-4-5-9(10(13)7-8)11-3-1-2-6-14-11;/h3*1-7H;/q;;;+2. The Balaban J connectivity index is 0.000000175. The molecule has 0 aliphatic carbocycles. The molecule has 1 radical (unpaired) electrons. The first-order chi connectivity index (χ1) is 20.3. The average molecular weight is 766 g/mol. The van der Waals surface area contributed by atoms with Crippen molar-refractivity contribution in [2.45, 2.75) is 0 Å². The van der Waals surface area contributed by atoms with E-state index in [1.165, 1.54) is 36.4 Å². The number of halogens is 6. The Bertz CT molecular complexity index is 1530. The molecule has 0 fully saturated rings. The van der Waals surface area contributed by atoms with E-state index in [9.17, 15) is 26.3 Å². The van der Waals surface area contributed by atoms with E-state index < -0.39 is 34.9 Å². The Morgan fingerprint density at radius 3 is 0.837 bits per heavy atom. The smallest absolute Gasteiger partial charge is 0.256 e. The third-order valence-electron chi connectivity index (χ3n) is 5.62. The van der Waals surface area contributed by atoms with Gasteiger partial charge in [0.15, 0.2) is 0 Å². The first kappa shape index (κ1) is 32.8. The Morgan fingerprint density at radius 1 is 0.349 bits per heavy atom. The molecular weight excluding hydrogens is 745 g/mol. The predicted molar refractivity (Wildman–Crippen MR) is 149 cm³/mol. The van der Waals surface area contributed by atoms with Gasteiger partial charge in [0.25, 0.3) is 0 Å². The van der Waals surface area contributed by atoms with Crippen LogP contribution in [0.15, 0.2) is 128 Å². The third-order valence-corrected chi connectivity index (χ3v) is 5.62. The molecule has 3 aromatic heterocycles. The first-order valence-corrected chi connectivity index (χ1v) is 12.4. The summed E-state index contributed by atoms with van der Waals surface area (Å²) < 4.78 is 77.6. The van der Waals surface area contributed by atoms with Gasteiger partial charge in [-0.3, -0.25) is 15.0 Å². The summed E-state index contributed by atoms with van der Waals surface area (Å²) in [6, 6.07) is 25.9. The summed E-state index contributed by atoms with van der Waals surface area (Å²) in [5.41, 5.74) is 2.45.